The van der Waals surface area contributed by atoms with Crippen LogP contribution in [0.25, 0.3) is 0 Å². The van der Waals surface area contributed by atoms with Gasteiger partial charge in [0, 0.05) is 44.3 Å². The standard InChI is InChI=1S/C19H18F2N4O6S/c20-13-4-5-17(16(21)9-13)24-11-12(8-18(24)26)19(27)22-6-7-23-32(30,31)15-3-1-2-14(10-15)25(28)29/h1-5,9-10,12,23H,6-8,11H2,(H,22,27). The van der Waals surface area contributed by atoms with Gasteiger partial charge in [0.25, 0.3) is 5.69 Å². The van der Waals surface area contributed by atoms with Crippen molar-refractivity contribution >= 4 is 33.2 Å². The number of hydrogen-bond donors (Lipinski definition) is 2. The average molecular weight is 468 g/mol. The lowest BCUT2D eigenvalue weighted by Crippen LogP contribution is -2.38. The first-order valence-electron chi connectivity index (χ1n) is 9.36. The maximum atomic E-state index is 13.9. The zero-order valence-electron chi connectivity index (χ0n) is 16.5. The third-order valence-electron chi connectivity index (χ3n) is 4.75. The number of rotatable bonds is 8. The summed E-state index contributed by atoms with van der Waals surface area (Å²) in [5.41, 5.74) is -0.509. The van der Waals surface area contributed by atoms with Crippen LogP contribution in [0, 0.1) is 27.7 Å². The number of sulfonamides is 1. The number of nitro benzene ring substituents is 1. The van der Waals surface area contributed by atoms with Crippen molar-refractivity contribution < 1.29 is 31.7 Å². The summed E-state index contributed by atoms with van der Waals surface area (Å²) in [6.07, 6.45) is -0.179. The molecule has 0 bridgehead atoms. The van der Waals surface area contributed by atoms with E-state index in [-0.39, 0.29) is 42.3 Å². The Bertz CT molecular complexity index is 1170. The van der Waals surface area contributed by atoms with Crippen LogP contribution in [0.3, 0.4) is 0 Å². The number of nitro groups is 1. The van der Waals surface area contributed by atoms with E-state index >= 15 is 0 Å². The van der Waals surface area contributed by atoms with Crippen LogP contribution in [0.2, 0.25) is 0 Å². The molecule has 13 heteroatoms. The summed E-state index contributed by atoms with van der Waals surface area (Å²) < 4.78 is 53.7. The van der Waals surface area contributed by atoms with Crippen LogP contribution in [-0.4, -0.2) is 44.8 Å². The molecular formula is C19H18F2N4O6S. The quantitative estimate of drug-likeness (QED) is 0.340. The Morgan fingerprint density at radius 2 is 1.94 bits per heavy atom. The summed E-state index contributed by atoms with van der Waals surface area (Å²) in [7, 11) is -4.04. The molecule has 1 aliphatic heterocycles. The van der Waals surface area contributed by atoms with Gasteiger partial charge in [-0.3, -0.25) is 19.7 Å². The fraction of sp³-hybridized carbons (Fsp3) is 0.263. The monoisotopic (exact) mass is 468 g/mol. The molecule has 0 radical (unpaired) electrons. The SMILES string of the molecule is O=C(NCCNS(=O)(=O)c1cccc([N+](=O)[O-])c1)C1CC(=O)N(c2ccc(F)cc2F)C1. The minimum Gasteiger partial charge on any atom is -0.354 e. The number of non-ortho nitro benzene ring substituents is 1. The van der Waals surface area contributed by atoms with Gasteiger partial charge in [-0.15, -0.1) is 0 Å². The summed E-state index contributed by atoms with van der Waals surface area (Å²) in [4.78, 5) is 35.3. The highest BCUT2D eigenvalue weighted by Gasteiger charge is 2.36. The number of carbonyl (C=O) groups excluding carboxylic acids is 2. The predicted molar refractivity (Wildman–Crippen MR) is 108 cm³/mol. The number of halogens is 2. The average Bonchev–Trinajstić information content (AvgIpc) is 3.12. The minimum atomic E-state index is -4.04. The molecule has 10 nitrogen and oxygen atoms in total. The predicted octanol–water partition coefficient (Wildman–Crippen LogP) is 1.32. The molecule has 1 aliphatic rings. The highest BCUT2D eigenvalue weighted by molar-refractivity contribution is 7.89. The van der Waals surface area contributed by atoms with Crippen LogP contribution in [0.1, 0.15) is 6.42 Å². The van der Waals surface area contributed by atoms with Gasteiger partial charge in [0.1, 0.15) is 11.6 Å². The third kappa shape index (κ3) is 5.23. The molecular weight excluding hydrogens is 450 g/mol. The van der Waals surface area contributed by atoms with Gasteiger partial charge >= 0.3 is 0 Å². The van der Waals surface area contributed by atoms with Crippen LogP contribution < -0.4 is 14.9 Å². The zero-order chi connectivity index (χ0) is 23.5. The van der Waals surface area contributed by atoms with E-state index in [4.69, 9.17) is 0 Å². The van der Waals surface area contributed by atoms with Crippen molar-refractivity contribution in [1.29, 1.82) is 0 Å². The molecule has 1 atom stereocenters. The van der Waals surface area contributed by atoms with E-state index in [0.29, 0.717) is 6.07 Å². The molecule has 3 rings (SSSR count). The molecule has 2 aromatic rings. The maximum absolute atomic E-state index is 13.9. The molecule has 2 amide bonds. The molecule has 0 aromatic heterocycles. The lowest BCUT2D eigenvalue weighted by molar-refractivity contribution is -0.385. The van der Waals surface area contributed by atoms with E-state index < -0.39 is 44.3 Å². The Morgan fingerprint density at radius 3 is 2.62 bits per heavy atom. The number of hydrogen-bond acceptors (Lipinski definition) is 6. The Labute approximate surface area is 181 Å². The Hall–Kier alpha value is -3.45. The van der Waals surface area contributed by atoms with Gasteiger partial charge in [-0.2, -0.15) is 0 Å². The first-order valence-corrected chi connectivity index (χ1v) is 10.8. The summed E-state index contributed by atoms with van der Waals surface area (Å²) in [6, 6.07) is 7.27. The van der Waals surface area contributed by atoms with Gasteiger partial charge in [-0.1, -0.05) is 6.07 Å². The second-order valence-corrected chi connectivity index (χ2v) is 8.71. The normalized spacial score (nSPS) is 16.2. The van der Waals surface area contributed by atoms with Gasteiger partial charge in [0.15, 0.2) is 0 Å². The smallest absolute Gasteiger partial charge is 0.270 e. The van der Waals surface area contributed by atoms with Crippen LogP contribution in [0.5, 0.6) is 0 Å². The van der Waals surface area contributed by atoms with Gasteiger partial charge in [0.2, 0.25) is 21.8 Å². The molecule has 1 heterocycles. The van der Waals surface area contributed by atoms with E-state index in [9.17, 15) is 36.9 Å². The van der Waals surface area contributed by atoms with Gasteiger partial charge in [-0.05, 0) is 18.2 Å². The Morgan fingerprint density at radius 1 is 1.19 bits per heavy atom. The largest absolute Gasteiger partial charge is 0.354 e. The van der Waals surface area contributed by atoms with E-state index in [1.54, 1.807) is 0 Å². The van der Waals surface area contributed by atoms with Crippen molar-refractivity contribution in [2.45, 2.75) is 11.3 Å². The van der Waals surface area contributed by atoms with E-state index in [2.05, 4.69) is 10.0 Å². The summed E-state index contributed by atoms with van der Waals surface area (Å²) in [5, 5.41) is 13.3. The molecule has 170 valence electrons. The second kappa shape index (κ2) is 9.36. The topological polar surface area (TPSA) is 139 Å². The lowest BCUT2D eigenvalue weighted by Gasteiger charge is -2.17. The van der Waals surface area contributed by atoms with Gasteiger partial charge in [-0.25, -0.2) is 21.9 Å². The maximum Gasteiger partial charge on any atom is 0.270 e. The molecule has 1 unspecified atom stereocenters. The first-order chi connectivity index (χ1) is 15.1. The Balaban J connectivity index is 1.52. The molecule has 1 fully saturated rings. The summed E-state index contributed by atoms with van der Waals surface area (Å²) in [5.74, 6) is -3.53. The van der Waals surface area contributed by atoms with Gasteiger partial charge < -0.3 is 10.2 Å². The van der Waals surface area contributed by atoms with E-state index in [1.807, 2.05) is 0 Å². The van der Waals surface area contributed by atoms with Crippen LogP contribution in [0.15, 0.2) is 47.4 Å². The number of benzene rings is 2. The van der Waals surface area contributed by atoms with Crippen molar-refractivity contribution in [3.63, 3.8) is 0 Å². The molecule has 2 aromatic carbocycles. The number of nitrogens with zero attached hydrogens (tertiary/aromatic N) is 2. The molecule has 0 spiro atoms. The summed E-state index contributed by atoms with van der Waals surface area (Å²) >= 11 is 0. The molecule has 0 saturated carbocycles. The number of nitrogens with one attached hydrogen (secondary N) is 2. The summed E-state index contributed by atoms with van der Waals surface area (Å²) in [6.45, 7) is -0.414. The fourth-order valence-electron chi connectivity index (χ4n) is 3.18. The van der Waals surface area contributed by atoms with Crippen molar-refractivity contribution in [3.8, 4) is 0 Å². The molecule has 2 N–H and O–H groups in total. The van der Waals surface area contributed by atoms with Crippen LogP contribution in [0.4, 0.5) is 20.2 Å². The Kier molecular flexibility index (Phi) is 6.79. The number of amides is 2. The van der Waals surface area contributed by atoms with Crippen molar-refractivity contribution in [2.75, 3.05) is 24.5 Å². The third-order valence-corrected chi connectivity index (χ3v) is 6.21. The number of anilines is 1. The first kappa shape index (κ1) is 23.2. The zero-order valence-corrected chi connectivity index (χ0v) is 17.3. The van der Waals surface area contributed by atoms with Crippen molar-refractivity contribution in [3.05, 3.63) is 64.2 Å². The van der Waals surface area contributed by atoms with Crippen LogP contribution >= 0.6 is 0 Å². The highest BCUT2D eigenvalue weighted by Crippen LogP contribution is 2.28. The van der Waals surface area contributed by atoms with Crippen LogP contribution in [-0.2, 0) is 19.6 Å². The molecule has 32 heavy (non-hydrogen) atoms. The number of carbonyl (C=O) groups is 2. The van der Waals surface area contributed by atoms with Gasteiger partial charge in [0.05, 0.1) is 21.4 Å². The fourth-order valence-corrected chi connectivity index (χ4v) is 4.25. The lowest BCUT2D eigenvalue weighted by atomic mass is 10.1. The minimum absolute atomic E-state index is 0.105. The van der Waals surface area contributed by atoms with E-state index in [1.165, 1.54) is 12.1 Å². The van der Waals surface area contributed by atoms with Crippen molar-refractivity contribution in [1.82, 2.24) is 10.0 Å². The second-order valence-electron chi connectivity index (χ2n) is 6.94. The van der Waals surface area contributed by atoms with E-state index in [0.717, 1.165) is 29.2 Å². The van der Waals surface area contributed by atoms with Crippen molar-refractivity contribution in [2.24, 2.45) is 5.92 Å². The highest BCUT2D eigenvalue weighted by atomic mass is 32.2. The molecule has 1 saturated heterocycles. The molecule has 0 aliphatic carbocycles.